The maximum Gasteiger partial charge on any atom is 0.243 e. The lowest BCUT2D eigenvalue weighted by molar-refractivity contribution is -0.139. The zero-order valence-corrected chi connectivity index (χ0v) is 16.2. The molecular weight excluding hydrogens is 367 g/mol. The number of hydrogen-bond donors (Lipinski definition) is 1. The van der Waals surface area contributed by atoms with Crippen molar-refractivity contribution in [1.82, 2.24) is 10.2 Å². The maximum absolute atomic E-state index is 13.0. The highest BCUT2D eigenvalue weighted by Gasteiger charge is 2.42. The minimum atomic E-state index is -0.581. The van der Waals surface area contributed by atoms with Crippen molar-refractivity contribution in [3.63, 3.8) is 0 Å². The molecule has 1 fully saturated rings. The van der Waals surface area contributed by atoms with Gasteiger partial charge in [0.1, 0.15) is 23.0 Å². The van der Waals surface area contributed by atoms with E-state index in [1.807, 2.05) is 19.9 Å². The first-order chi connectivity index (χ1) is 13.0. The number of furan rings is 1. The predicted octanol–water partition coefficient (Wildman–Crippen LogP) is 3.72. The van der Waals surface area contributed by atoms with E-state index in [-0.39, 0.29) is 35.5 Å². The van der Waals surface area contributed by atoms with E-state index >= 15 is 0 Å². The average Bonchev–Trinajstić information content (AvgIpc) is 3.28. The summed E-state index contributed by atoms with van der Waals surface area (Å²) in [4.78, 5) is 27.2. The third kappa shape index (κ3) is 4.71. The van der Waals surface area contributed by atoms with Gasteiger partial charge < -0.3 is 14.6 Å². The summed E-state index contributed by atoms with van der Waals surface area (Å²) in [6, 6.07) is 9.02. The lowest BCUT2D eigenvalue weighted by Crippen LogP contribution is -2.49. The molecule has 1 aliphatic heterocycles. The van der Waals surface area contributed by atoms with Crippen LogP contribution in [-0.4, -0.2) is 28.5 Å². The van der Waals surface area contributed by atoms with Crippen molar-refractivity contribution in [3.05, 3.63) is 59.8 Å². The predicted molar refractivity (Wildman–Crippen MR) is 102 cm³/mol. The molecule has 0 bridgehead atoms. The van der Waals surface area contributed by atoms with E-state index in [2.05, 4.69) is 5.32 Å². The monoisotopic (exact) mass is 390 g/mol. The summed E-state index contributed by atoms with van der Waals surface area (Å²) in [6.45, 7) is 4.33. The van der Waals surface area contributed by atoms with Crippen molar-refractivity contribution in [2.24, 2.45) is 5.92 Å². The Labute approximate surface area is 162 Å². The molecule has 0 aliphatic carbocycles. The minimum absolute atomic E-state index is 0.0658. The van der Waals surface area contributed by atoms with Crippen molar-refractivity contribution in [2.45, 2.75) is 38.2 Å². The van der Waals surface area contributed by atoms with Gasteiger partial charge in [-0.05, 0) is 42.2 Å². The van der Waals surface area contributed by atoms with Gasteiger partial charge in [0.25, 0.3) is 0 Å². The number of thioether (sulfide) groups is 1. The summed E-state index contributed by atoms with van der Waals surface area (Å²) < 4.78 is 18.5. The van der Waals surface area contributed by atoms with E-state index in [0.29, 0.717) is 17.9 Å². The summed E-state index contributed by atoms with van der Waals surface area (Å²) in [7, 11) is 0. The molecule has 144 valence electrons. The van der Waals surface area contributed by atoms with Gasteiger partial charge >= 0.3 is 0 Å². The Morgan fingerprint density at radius 2 is 2.07 bits per heavy atom. The Kier molecular flexibility index (Phi) is 6.21. The molecule has 1 aromatic heterocycles. The molecule has 1 saturated heterocycles. The molecule has 0 saturated carbocycles. The van der Waals surface area contributed by atoms with E-state index in [1.165, 1.54) is 23.9 Å². The first-order valence-electron chi connectivity index (χ1n) is 8.94. The Hall–Kier alpha value is -2.28. The van der Waals surface area contributed by atoms with Gasteiger partial charge in [-0.3, -0.25) is 9.59 Å². The fourth-order valence-electron chi connectivity index (χ4n) is 3.13. The van der Waals surface area contributed by atoms with Crippen molar-refractivity contribution in [3.8, 4) is 0 Å². The number of nitrogens with zero attached hydrogens (tertiary/aromatic N) is 1. The van der Waals surface area contributed by atoms with Crippen LogP contribution >= 0.6 is 11.8 Å². The van der Waals surface area contributed by atoms with Crippen molar-refractivity contribution < 1.29 is 18.4 Å². The molecule has 1 N–H and O–H groups in total. The van der Waals surface area contributed by atoms with Crippen molar-refractivity contribution in [2.75, 3.05) is 5.75 Å². The molecule has 0 spiro atoms. The summed E-state index contributed by atoms with van der Waals surface area (Å²) in [5.74, 6) is 0.645. The fourth-order valence-corrected chi connectivity index (χ4v) is 4.30. The van der Waals surface area contributed by atoms with Crippen LogP contribution < -0.4 is 5.32 Å². The Morgan fingerprint density at radius 3 is 2.70 bits per heavy atom. The molecule has 1 aliphatic rings. The van der Waals surface area contributed by atoms with Crippen LogP contribution in [0, 0.1) is 11.7 Å². The fraction of sp³-hybridized carbons (Fsp3) is 0.400. The van der Waals surface area contributed by atoms with Crippen molar-refractivity contribution in [1.29, 1.82) is 0 Å². The van der Waals surface area contributed by atoms with Crippen LogP contribution in [-0.2, 0) is 16.1 Å². The molecule has 1 aromatic carbocycles. The highest BCUT2D eigenvalue weighted by Crippen LogP contribution is 2.41. The molecule has 7 heteroatoms. The van der Waals surface area contributed by atoms with Crippen molar-refractivity contribution >= 4 is 23.6 Å². The average molecular weight is 390 g/mol. The van der Waals surface area contributed by atoms with Gasteiger partial charge in [0.05, 0.1) is 12.0 Å². The summed E-state index contributed by atoms with van der Waals surface area (Å²) in [5, 5.41) is 2.59. The molecule has 27 heavy (non-hydrogen) atoms. The molecule has 2 heterocycles. The standard InChI is InChI=1S/C20H23FN2O3S/c1-13(2)10-16(19(25)22-11-14-5-7-15(21)8-6-14)23-18(24)12-27-20(23)17-4-3-9-26-17/h3-9,13,16,20H,10-12H2,1-2H3,(H,22,25). The second-order valence-corrected chi connectivity index (χ2v) is 8.04. The smallest absolute Gasteiger partial charge is 0.243 e. The zero-order chi connectivity index (χ0) is 19.4. The van der Waals surface area contributed by atoms with Crippen LogP contribution in [0.1, 0.15) is 37.0 Å². The van der Waals surface area contributed by atoms with E-state index < -0.39 is 6.04 Å². The molecule has 3 rings (SSSR count). The molecule has 2 atom stereocenters. The number of nitrogens with one attached hydrogen (secondary N) is 1. The third-order valence-electron chi connectivity index (χ3n) is 4.40. The Bertz CT molecular complexity index is 777. The maximum atomic E-state index is 13.0. The zero-order valence-electron chi connectivity index (χ0n) is 15.4. The second-order valence-electron chi connectivity index (χ2n) is 6.97. The molecule has 0 radical (unpaired) electrons. The molecule has 2 amide bonds. The highest BCUT2D eigenvalue weighted by molar-refractivity contribution is 8.00. The van der Waals surface area contributed by atoms with E-state index in [9.17, 15) is 14.0 Å². The van der Waals surface area contributed by atoms with E-state index in [4.69, 9.17) is 4.42 Å². The Balaban J connectivity index is 1.76. The summed E-state index contributed by atoms with van der Waals surface area (Å²) in [6.07, 6.45) is 2.13. The summed E-state index contributed by atoms with van der Waals surface area (Å²) in [5.41, 5.74) is 0.803. The third-order valence-corrected chi connectivity index (χ3v) is 5.59. The SMILES string of the molecule is CC(C)CC(C(=O)NCc1ccc(F)cc1)N1C(=O)CSC1c1ccco1. The molecule has 2 aromatic rings. The van der Waals surface area contributed by atoms with Crippen LogP contribution in [0.2, 0.25) is 0 Å². The van der Waals surface area contributed by atoms with Crippen LogP contribution in [0.15, 0.2) is 47.1 Å². The van der Waals surface area contributed by atoms with E-state index in [0.717, 1.165) is 5.56 Å². The second kappa shape index (κ2) is 8.61. The molecular formula is C20H23FN2O3S. The lowest BCUT2D eigenvalue weighted by atomic mass is 10.0. The molecule has 2 unspecified atom stereocenters. The highest BCUT2D eigenvalue weighted by atomic mass is 32.2. The molecule has 5 nitrogen and oxygen atoms in total. The number of hydrogen-bond acceptors (Lipinski definition) is 4. The number of halogens is 1. The number of carbonyl (C=O) groups is 2. The van der Waals surface area contributed by atoms with Gasteiger partial charge in [-0.15, -0.1) is 11.8 Å². The quantitative estimate of drug-likeness (QED) is 0.783. The minimum Gasteiger partial charge on any atom is -0.466 e. The normalized spacial score (nSPS) is 18.1. The number of carbonyl (C=O) groups excluding carboxylic acids is 2. The Morgan fingerprint density at radius 1 is 1.33 bits per heavy atom. The van der Waals surface area contributed by atoms with Gasteiger partial charge in [-0.25, -0.2) is 4.39 Å². The van der Waals surface area contributed by atoms with Gasteiger partial charge in [0.15, 0.2) is 0 Å². The lowest BCUT2D eigenvalue weighted by Gasteiger charge is -2.32. The largest absolute Gasteiger partial charge is 0.466 e. The van der Waals surface area contributed by atoms with Gasteiger partial charge in [0, 0.05) is 6.54 Å². The van der Waals surface area contributed by atoms with Crippen LogP contribution in [0.5, 0.6) is 0 Å². The van der Waals surface area contributed by atoms with Crippen LogP contribution in [0.3, 0.4) is 0 Å². The van der Waals surface area contributed by atoms with Crippen LogP contribution in [0.25, 0.3) is 0 Å². The van der Waals surface area contributed by atoms with Crippen LogP contribution in [0.4, 0.5) is 4.39 Å². The van der Waals surface area contributed by atoms with E-state index in [1.54, 1.807) is 29.4 Å². The first kappa shape index (κ1) is 19.5. The topological polar surface area (TPSA) is 62.6 Å². The number of benzene rings is 1. The number of rotatable bonds is 7. The summed E-state index contributed by atoms with van der Waals surface area (Å²) >= 11 is 1.47. The van der Waals surface area contributed by atoms with Gasteiger partial charge in [-0.1, -0.05) is 26.0 Å². The van der Waals surface area contributed by atoms with Gasteiger partial charge in [-0.2, -0.15) is 0 Å². The number of amides is 2. The first-order valence-corrected chi connectivity index (χ1v) is 9.99. The van der Waals surface area contributed by atoms with Gasteiger partial charge in [0.2, 0.25) is 11.8 Å².